The third kappa shape index (κ3) is 4.04. The van der Waals surface area contributed by atoms with Gasteiger partial charge in [0.15, 0.2) is 0 Å². The molecule has 0 spiro atoms. The van der Waals surface area contributed by atoms with Crippen LogP contribution in [-0.4, -0.2) is 31.1 Å². The van der Waals surface area contributed by atoms with Crippen molar-refractivity contribution in [3.8, 4) is 0 Å². The van der Waals surface area contributed by atoms with Crippen LogP contribution < -0.4 is 5.32 Å². The number of anilines is 1. The minimum atomic E-state index is 1.09. The van der Waals surface area contributed by atoms with Gasteiger partial charge in [0.2, 0.25) is 0 Å². The molecule has 0 aliphatic carbocycles. The first-order valence-corrected chi connectivity index (χ1v) is 6.93. The first kappa shape index (κ1) is 12.4. The zero-order valence-corrected chi connectivity index (χ0v) is 10.9. The molecule has 2 heteroatoms. The van der Waals surface area contributed by atoms with Crippen LogP contribution in [0.4, 0.5) is 5.69 Å². The SMILES string of the molecule is CCc1ccc(NCCCN2CCCC2)cc1. The Bertz CT molecular complexity index is 312. The number of rotatable bonds is 6. The first-order valence-electron chi connectivity index (χ1n) is 6.93. The van der Waals surface area contributed by atoms with Crippen molar-refractivity contribution in [3.05, 3.63) is 29.8 Å². The Hall–Kier alpha value is -1.02. The molecule has 0 radical (unpaired) electrons. The van der Waals surface area contributed by atoms with Crippen molar-refractivity contribution in [3.63, 3.8) is 0 Å². The predicted molar refractivity (Wildman–Crippen MR) is 74.6 cm³/mol. The highest BCUT2D eigenvalue weighted by atomic mass is 15.1. The predicted octanol–water partition coefficient (Wildman–Crippen LogP) is 3.15. The maximum absolute atomic E-state index is 3.49. The van der Waals surface area contributed by atoms with E-state index in [1.807, 2.05) is 0 Å². The summed E-state index contributed by atoms with van der Waals surface area (Å²) in [5.74, 6) is 0. The third-order valence-corrected chi connectivity index (χ3v) is 3.54. The highest BCUT2D eigenvalue weighted by Crippen LogP contribution is 2.11. The summed E-state index contributed by atoms with van der Waals surface area (Å²) < 4.78 is 0. The van der Waals surface area contributed by atoms with Gasteiger partial charge in [-0.25, -0.2) is 0 Å². The molecule has 1 aromatic rings. The average molecular weight is 232 g/mol. The molecule has 94 valence electrons. The van der Waals surface area contributed by atoms with Crippen LogP contribution in [0, 0.1) is 0 Å². The fourth-order valence-corrected chi connectivity index (χ4v) is 2.40. The molecule has 1 fully saturated rings. The zero-order chi connectivity index (χ0) is 11.9. The minimum absolute atomic E-state index is 1.09. The van der Waals surface area contributed by atoms with E-state index in [0.29, 0.717) is 0 Å². The normalized spacial score (nSPS) is 16.3. The van der Waals surface area contributed by atoms with E-state index in [0.717, 1.165) is 13.0 Å². The van der Waals surface area contributed by atoms with Crippen molar-refractivity contribution in [1.29, 1.82) is 0 Å². The second-order valence-electron chi connectivity index (χ2n) is 4.88. The van der Waals surface area contributed by atoms with Gasteiger partial charge in [-0.05, 0) is 63.0 Å². The summed E-state index contributed by atoms with van der Waals surface area (Å²) in [5, 5.41) is 3.49. The molecule has 1 N–H and O–H groups in total. The standard InChI is InChI=1S/C15H24N2/c1-2-14-6-8-15(9-7-14)16-10-5-13-17-11-3-4-12-17/h6-9,16H,2-5,10-13H2,1H3. The zero-order valence-electron chi connectivity index (χ0n) is 10.9. The summed E-state index contributed by atoms with van der Waals surface area (Å²) in [7, 11) is 0. The number of aryl methyl sites for hydroxylation is 1. The van der Waals surface area contributed by atoms with Gasteiger partial charge >= 0.3 is 0 Å². The summed E-state index contributed by atoms with van der Waals surface area (Å²) in [4.78, 5) is 2.57. The van der Waals surface area contributed by atoms with E-state index < -0.39 is 0 Å². The van der Waals surface area contributed by atoms with E-state index in [2.05, 4.69) is 41.4 Å². The number of benzene rings is 1. The summed E-state index contributed by atoms with van der Waals surface area (Å²) in [5.41, 5.74) is 2.66. The van der Waals surface area contributed by atoms with Gasteiger partial charge in [0.25, 0.3) is 0 Å². The molecule has 0 unspecified atom stereocenters. The quantitative estimate of drug-likeness (QED) is 0.758. The molecule has 1 heterocycles. The molecule has 0 bridgehead atoms. The minimum Gasteiger partial charge on any atom is -0.385 e. The van der Waals surface area contributed by atoms with Crippen LogP contribution in [0.25, 0.3) is 0 Å². The van der Waals surface area contributed by atoms with Gasteiger partial charge in [0.1, 0.15) is 0 Å². The molecule has 1 aliphatic rings. The number of hydrogen-bond donors (Lipinski definition) is 1. The van der Waals surface area contributed by atoms with Crippen molar-refractivity contribution in [2.45, 2.75) is 32.6 Å². The van der Waals surface area contributed by atoms with Crippen LogP contribution in [0.2, 0.25) is 0 Å². The molecule has 1 aromatic carbocycles. The van der Waals surface area contributed by atoms with Gasteiger partial charge in [-0.1, -0.05) is 19.1 Å². The maximum atomic E-state index is 3.49. The van der Waals surface area contributed by atoms with Gasteiger partial charge < -0.3 is 10.2 Å². The molecule has 1 saturated heterocycles. The van der Waals surface area contributed by atoms with Crippen LogP contribution in [0.5, 0.6) is 0 Å². The van der Waals surface area contributed by atoms with Crippen molar-refractivity contribution < 1.29 is 0 Å². The summed E-state index contributed by atoms with van der Waals surface area (Å²) >= 11 is 0. The lowest BCUT2D eigenvalue weighted by Crippen LogP contribution is -2.22. The van der Waals surface area contributed by atoms with Crippen LogP contribution in [-0.2, 0) is 6.42 Å². The Kier molecular flexibility index (Phi) is 4.87. The number of hydrogen-bond acceptors (Lipinski definition) is 2. The van der Waals surface area contributed by atoms with Gasteiger partial charge in [-0.3, -0.25) is 0 Å². The van der Waals surface area contributed by atoms with E-state index in [1.54, 1.807) is 0 Å². The number of likely N-dealkylation sites (tertiary alicyclic amines) is 1. The van der Waals surface area contributed by atoms with Crippen molar-refractivity contribution >= 4 is 5.69 Å². The van der Waals surface area contributed by atoms with E-state index in [9.17, 15) is 0 Å². The van der Waals surface area contributed by atoms with Crippen molar-refractivity contribution in [1.82, 2.24) is 4.90 Å². The third-order valence-electron chi connectivity index (χ3n) is 3.54. The van der Waals surface area contributed by atoms with Gasteiger partial charge in [-0.2, -0.15) is 0 Å². The largest absolute Gasteiger partial charge is 0.385 e. The van der Waals surface area contributed by atoms with E-state index in [1.165, 1.54) is 50.1 Å². The maximum Gasteiger partial charge on any atom is 0.0340 e. The first-order chi connectivity index (χ1) is 8.38. The average Bonchev–Trinajstić information content (AvgIpc) is 2.88. The van der Waals surface area contributed by atoms with E-state index >= 15 is 0 Å². The van der Waals surface area contributed by atoms with Gasteiger partial charge in [0.05, 0.1) is 0 Å². The Morgan fingerprint density at radius 2 is 1.82 bits per heavy atom. The smallest absolute Gasteiger partial charge is 0.0340 e. The lowest BCUT2D eigenvalue weighted by Gasteiger charge is -2.14. The Balaban J connectivity index is 1.63. The molecule has 0 amide bonds. The molecule has 17 heavy (non-hydrogen) atoms. The van der Waals surface area contributed by atoms with Crippen molar-refractivity contribution in [2.75, 3.05) is 31.5 Å². The molecule has 2 rings (SSSR count). The molecule has 0 saturated carbocycles. The lowest BCUT2D eigenvalue weighted by atomic mass is 10.1. The summed E-state index contributed by atoms with van der Waals surface area (Å²) in [6.45, 7) is 7.15. The summed E-state index contributed by atoms with van der Waals surface area (Å²) in [6.07, 6.45) is 5.16. The van der Waals surface area contributed by atoms with Gasteiger partial charge in [0, 0.05) is 12.2 Å². The Labute approximate surface area is 105 Å². The second-order valence-corrected chi connectivity index (χ2v) is 4.88. The Morgan fingerprint density at radius 1 is 1.12 bits per heavy atom. The van der Waals surface area contributed by atoms with Crippen molar-refractivity contribution in [2.24, 2.45) is 0 Å². The molecule has 0 aromatic heterocycles. The molecule has 1 aliphatic heterocycles. The van der Waals surface area contributed by atoms with Gasteiger partial charge in [-0.15, -0.1) is 0 Å². The number of nitrogens with one attached hydrogen (secondary N) is 1. The highest BCUT2D eigenvalue weighted by Gasteiger charge is 2.09. The lowest BCUT2D eigenvalue weighted by molar-refractivity contribution is 0.337. The van der Waals surface area contributed by atoms with E-state index in [4.69, 9.17) is 0 Å². The van der Waals surface area contributed by atoms with Crippen LogP contribution >= 0.6 is 0 Å². The van der Waals surface area contributed by atoms with Crippen LogP contribution in [0.1, 0.15) is 31.7 Å². The molecule has 2 nitrogen and oxygen atoms in total. The fourth-order valence-electron chi connectivity index (χ4n) is 2.40. The molecule has 0 atom stereocenters. The second kappa shape index (κ2) is 6.65. The Morgan fingerprint density at radius 3 is 2.47 bits per heavy atom. The summed E-state index contributed by atoms with van der Waals surface area (Å²) in [6, 6.07) is 8.80. The van der Waals surface area contributed by atoms with Crippen LogP contribution in [0.15, 0.2) is 24.3 Å². The molecular formula is C15H24N2. The highest BCUT2D eigenvalue weighted by molar-refractivity contribution is 5.44. The topological polar surface area (TPSA) is 15.3 Å². The monoisotopic (exact) mass is 232 g/mol. The fraction of sp³-hybridized carbons (Fsp3) is 0.600. The van der Waals surface area contributed by atoms with Crippen LogP contribution in [0.3, 0.4) is 0 Å². The van der Waals surface area contributed by atoms with E-state index in [-0.39, 0.29) is 0 Å². The number of nitrogens with zero attached hydrogens (tertiary/aromatic N) is 1. The molecular weight excluding hydrogens is 208 g/mol.